The summed E-state index contributed by atoms with van der Waals surface area (Å²) >= 11 is 7.31. The average molecular weight is 384 g/mol. The summed E-state index contributed by atoms with van der Waals surface area (Å²) in [5.41, 5.74) is 2.01. The van der Waals surface area contributed by atoms with E-state index >= 15 is 0 Å². The Bertz CT molecular complexity index is 912. The molecule has 2 aromatic heterocycles. The minimum atomic E-state index is 0.0592. The first-order chi connectivity index (χ1) is 12.7. The number of likely N-dealkylation sites (tertiary alicyclic amines) is 1. The third-order valence-electron chi connectivity index (χ3n) is 4.62. The van der Waals surface area contributed by atoms with Gasteiger partial charge in [-0.05, 0) is 31.0 Å². The second kappa shape index (κ2) is 7.56. The van der Waals surface area contributed by atoms with E-state index in [9.17, 15) is 4.79 Å². The zero-order valence-electron chi connectivity index (χ0n) is 14.1. The Labute approximate surface area is 161 Å². The van der Waals surface area contributed by atoms with Gasteiger partial charge in [-0.2, -0.15) is 0 Å². The Hall–Kier alpha value is -2.24. The van der Waals surface area contributed by atoms with Gasteiger partial charge in [-0.15, -0.1) is 11.3 Å². The van der Waals surface area contributed by atoms with Gasteiger partial charge in [0.1, 0.15) is 0 Å². The summed E-state index contributed by atoms with van der Waals surface area (Å²) in [5, 5.41) is 0. The molecular formula is C20H18ClN3OS. The minimum Gasteiger partial charge on any atom is -0.337 e. The molecule has 1 amide bonds. The predicted octanol–water partition coefficient (Wildman–Crippen LogP) is 4.88. The molecule has 1 aromatic carbocycles. The molecule has 132 valence electrons. The monoisotopic (exact) mass is 383 g/mol. The van der Waals surface area contributed by atoms with Crippen molar-refractivity contribution < 1.29 is 4.79 Å². The van der Waals surface area contributed by atoms with Crippen LogP contribution >= 0.6 is 22.9 Å². The SMILES string of the molecule is O=C(c1ccc(Cl)s1)N1CCC[C@@H](c2ccnc(-c3ccccc3)n2)C1. The van der Waals surface area contributed by atoms with E-state index in [-0.39, 0.29) is 11.8 Å². The van der Waals surface area contributed by atoms with E-state index in [1.54, 1.807) is 12.1 Å². The van der Waals surface area contributed by atoms with Crippen molar-refractivity contribution in [2.24, 2.45) is 0 Å². The van der Waals surface area contributed by atoms with Crippen molar-refractivity contribution in [2.75, 3.05) is 13.1 Å². The highest BCUT2D eigenvalue weighted by Gasteiger charge is 2.27. The number of halogens is 1. The van der Waals surface area contributed by atoms with Crippen molar-refractivity contribution >= 4 is 28.8 Å². The number of piperidine rings is 1. The number of thiophene rings is 1. The summed E-state index contributed by atoms with van der Waals surface area (Å²) in [6.45, 7) is 1.46. The van der Waals surface area contributed by atoms with Gasteiger partial charge in [0.25, 0.3) is 5.91 Å². The summed E-state index contributed by atoms with van der Waals surface area (Å²) < 4.78 is 0.644. The summed E-state index contributed by atoms with van der Waals surface area (Å²) in [6, 6.07) is 15.5. The molecule has 0 bridgehead atoms. The lowest BCUT2D eigenvalue weighted by atomic mass is 9.94. The Kier molecular flexibility index (Phi) is 5.00. The van der Waals surface area contributed by atoms with Gasteiger partial charge in [-0.3, -0.25) is 4.79 Å². The van der Waals surface area contributed by atoms with Crippen molar-refractivity contribution in [1.82, 2.24) is 14.9 Å². The lowest BCUT2D eigenvalue weighted by Crippen LogP contribution is -2.39. The maximum Gasteiger partial charge on any atom is 0.263 e. The van der Waals surface area contributed by atoms with Crippen LogP contribution in [0, 0.1) is 0 Å². The van der Waals surface area contributed by atoms with Crippen LogP contribution in [0.2, 0.25) is 4.34 Å². The number of carbonyl (C=O) groups excluding carboxylic acids is 1. The van der Waals surface area contributed by atoms with Crippen molar-refractivity contribution in [3.05, 3.63) is 69.6 Å². The van der Waals surface area contributed by atoms with Crippen LogP contribution in [-0.4, -0.2) is 33.9 Å². The number of aromatic nitrogens is 2. The van der Waals surface area contributed by atoms with Crippen LogP contribution in [-0.2, 0) is 0 Å². The fourth-order valence-corrected chi connectivity index (χ4v) is 4.33. The lowest BCUT2D eigenvalue weighted by Gasteiger charge is -2.32. The van der Waals surface area contributed by atoms with Crippen LogP contribution in [0.25, 0.3) is 11.4 Å². The lowest BCUT2D eigenvalue weighted by molar-refractivity contribution is 0.0711. The number of nitrogens with zero attached hydrogens (tertiary/aromatic N) is 3. The van der Waals surface area contributed by atoms with Gasteiger partial charge in [-0.1, -0.05) is 41.9 Å². The molecule has 0 radical (unpaired) electrons. The molecule has 3 heterocycles. The zero-order valence-corrected chi connectivity index (χ0v) is 15.7. The molecule has 3 aromatic rings. The largest absolute Gasteiger partial charge is 0.337 e. The highest BCUT2D eigenvalue weighted by molar-refractivity contribution is 7.17. The molecule has 1 aliphatic heterocycles. The molecule has 26 heavy (non-hydrogen) atoms. The fraction of sp³-hybridized carbons (Fsp3) is 0.250. The van der Waals surface area contributed by atoms with Gasteiger partial charge in [0.05, 0.1) is 9.21 Å². The topological polar surface area (TPSA) is 46.1 Å². The summed E-state index contributed by atoms with van der Waals surface area (Å²) in [5.74, 6) is 1.02. The summed E-state index contributed by atoms with van der Waals surface area (Å²) in [6.07, 6.45) is 3.81. The first kappa shape index (κ1) is 17.2. The van der Waals surface area contributed by atoms with Gasteiger partial charge in [0.15, 0.2) is 5.82 Å². The molecule has 1 saturated heterocycles. The average Bonchev–Trinajstić information content (AvgIpc) is 3.14. The molecule has 0 saturated carbocycles. The van der Waals surface area contributed by atoms with Gasteiger partial charge in [0, 0.05) is 36.5 Å². The predicted molar refractivity (Wildman–Crippen MR) is 105 cm³/mol. The molecule has 6 heteroatoms. The standard InChI is InChI=1S/C20H18ClN3OS/c21-18-9-8-17(26-18)20(25)24-12-4-7-15(13-24)16-10-11-22-19(23-16)14-5-2-1-3-6-14/h1-3,5-6,8-11,15H,4,7,12-13H2/t15-/m1/s1. The Morgan fingerprint density at radius 2 is 2.00 bits per heavy atom. The number of amides is 1. The van der Waals surface area contributed by atoms with Gasteiger partial charge in [0.2, 0.25) is 0 Å². The number of hydrogen-bond acceptors (Lipinski definition) is 4. The number of hydrogen-bond donors (Lipinski definition) is 0. The molecule has 0 unspecified atom stereocenters. The third kappa shape index (κ3) is 3.64. The van der Waals surface area contributed by atoms with Crippen LogP contribution < -0.4 is 0 Å². The number of rotatable bonds is 3. The fourth-order valence-electron chi connectivity index (χ4n) is 3.31. The van der Waals surface area contributed by atoms with Gasteiger partial charge < -0.3 is 4.90 Å². The number of benzene rings is 1. The van der Waals surface area contributed by atoms with Crippen LogP contribution in [0.15, 0.2) is 54.7 Å². The van der Waals surface area contributed by atoms with Gasteiger partial charge >= 0.3 is 0 Å². The smallest absolute Gasteiger partial charge is 0.263 e. The highest BCUT2D eigenvalue weighted by atomic mass is 35.5. The molecule has 1 aliphatic rings. The van der Waals surface area contributed by atoms with Crippen LogP contribution in [0.4, 0.5) is 0 Å². The van der Waals surface area contributed by atoms with Crippen molar-refractivity contribution in [3.63, 3.8) is 0 Å². The Balaban J connectivity index is 1.54. The van der Waals surface area contributed by atoms with Crippen molar-refractivity contribution in [3.8, 4) is 11.4 Å². The zero-order chi connectivity index (χ0) is 17.9. The molecule has 4 rings (SSSR count). The quantitative estimate of drug-likeness (QED) is 0.647. The molecular weight excluding hydrogens is 366 g/mol. The second-order valence-corrected chi connectivity index (χ2v) is 8.08. The van der Waals surface area contributed by atoms with Gasteiger partial charge in [-0.25, -0.2) is 9.97 Å². The van der Waals surface area contributed by atoms with Crippen LogP contribution in [0.3, 0.4) is 0 Å². The van der Waals surface area contributed by atoms with E-state index in [1.807, 2.05) is 47.5 Å². The molecule has 0 N–H and O–H groups in total. The number of carbonyl (C=O) groups is 1. The first-order valence-electron chi connectivity index (χ1n) is 8.63. The minimum absolute atomic E-state index is 0.0592. The maximum absolute atomic E-state index is 12.7. The molecule has 0 aliphatic carbocycles. The maximum atomic E-state index is 12.7. The molecule has 1 fully saturated rings. The third-order valence-corrected chi connectivity index (χ3v) is 5.84. The van der Waals surface area contributed by atoms with E-state index in [2.05, 4.69) is 4.98 Å². The second-order valence-electron chi connectivity index (χ2n) is 6.37. The Morgan fingerprint density at radius 1 is 1.15 bits per heavy atom. The van der Waals surface area contributed by atoms with E-state index in [0.717, 1.165) is 36.5 Å². The first-order valence-corrected chi connectivity index (χ1v) is 9.83. The van der Waals surface area contributed by atoms with E-state index in [1.165, 1.54) is 11.3 Å². The Morgan fingerprint density at radius 3 is 2.77 bits per heavy atom. The molecule has 4 nitrogen and oxygen atoms in total. The van der Waals surface area contributed by atoms with Crippen molar-refractivity contribution in [2.45, 2.75) is 18.8 Å². The highest BCUT2D eigenvalue weighted by Crippen LogP contribution is 2.29. The molecule has 1 atom stereocenters. The van der Waals surface area contributed by atoms with Crippen LogP contribution in [0.5, 0.6) is 0 Å². The van der Waals surface area contributed by atoms with Crippen molar-refractivity contribution in [1.29, 1.82) is 0 Å². The summed E-state index contributed by atoms with van der Waals surface area (Å²) in [4.78, 5) is 24.5. The van der Waals surface area contributed by atoms with E-state index < -0.39 is 0 Å². The van der Waals surface area contributed by atoms with E-state index in [4.69, 9.17) is 16.6 Å². The summed E-state index contributed by atoms with van der Waals surface area (Å²) in [7, 11) is 0. The molecule has 0 spiro atoms. The van der Waals surface area contributed by atoms with E-state index in [0.29, 0.717) is 15.8 Å². The normalized spacial score (nSPS) is 17.3. The van der Waals surface area contributed by atoms with Crippen LogP contribution in [0.1, 0.15) is 34.1 Å².